The maximum Gasteiger partial charge on any atom is 0.227 e. The summed E-state index contributed by atoms with van der Waals surface area (Å²) in [5.41, 5.74) is 1.04. The zero-order valence-electron chi connectivity index (χ0n) is 11.4. The fourth-order valence-electron chi connectivity index (χ4n) is 2.29. The van der Waals surface area contributed by atoms with Crippen LogP contribution in [0.3, 0.4) is 0 Å². The van der Waals surface area contributed by atoms with E-state index in [0.29, 0.717) is 0 Å². The van der Waals surface area contributed by atoms with Crippen molar-refractivity contribution >= 4 is 17.5 Å². The summed E-state index contributed by atoms with van der Waals surface area (Å²) in [7, 11) is 0. The van der Waals surface area contributed by atoms with Gasteiger partial charge in [0, 0.05) is 31.5 Å². The van der Waals surface area contributed by atoms with Gasteiger partial charge in [-0.15, -0.1) is 0 Å². The predicted molar refractivity (Wildman–Crippen MR) is 81.5 cm³/mol. The van der Waals surface area contributed by atoms with Crippen molar-refractivity contribution in [3.05, 3.63) is 42.6 Å². The predicted octanol–water partition coefficient (Wildman–Crippen LogP) is 2.02. The van der Waals surface area contributed by atoms with Crippen LogP contribution in [0.2, 0.25) is 0 Å². The van der Waals surface area contributed by atoms with Crippen molar-refractivity contribution in [2.24, 2.45) is 0 Å². The lowest BCUT2D eigenvalue weighted by Crippen LogP contribution is -2.29. The molecule has 2 aromatic rings. The van der Waals surface area contributed by atoms with Crippen molar-refractivity contribution in [1.29, 1.82) is 0 Å². The highest BCUT2D eigenvalue weighted by Crippen LogP contribution is 2.16. The molecule has 1 saturated heterocycles. The molecule has 3 rings (SSSR count). The zero-order chi connectivity index (χ0) is 13.6. The Bertz CT molecular complexity index is 535. The molecular weight excluding hydrogens is 250 g/mol. The molecule has 2 N–H and O–H groups in total. The van der Waals surface area contributed by atoms with E-state index in [0.717, 1.165) is 50.1 Å². The normalized spacial score (nSPS) is 15.7. The van der Waals surface area contributed by atoms with Gasteiger partial charge in [-0.3, -0.25) is 0 Å². The Labute approximate surface area is 119 Å². The molecule has 1 aliphatic heterocycles. The van der Waals surface area contributed by atoms with E-state index in [4.69, 9.17) is 0 Å². The van der Waals surface area contributed by atoms with Gasteiger partial charge in [0.25, 0.3) is 0 Å². The summed E-state index contributed by atoms with van der Waals surface area (Å²) in [6.07, 6.45) is 2.94. The molecule has 0 aliphatic carbocycles. The van der Waals surface area contributed by atoms with Gasteiger partial charge in [0.2, 0.25) is 5.95 Å². The molecule has 1 aromatic carbocycles. The molecule has 0 radical (unpaired) electrons. The molecular formula is C15H19N5. The SMILES string of the molecule is c1ccc(Nc2ccnc(N3CCCNCC3)n2)cc1. The molecule has 2 heterocycles. The van der Waals surface area contributed by atoms with Crippen LogP contribution in [0.1, 0.15) is 6.42 Å². The van der Waals surface area contributed by atoms with E-state index in [2.05, 4.69) is 25.5 Å². The second-order valence-corrected chi connectivity index (χ2v) is 4.82. The maximum absolute atomic E-state index is 4.61. The Morgan fingerprint density at radius 3 is 2.85 bits per heavy atom. The van der Waals surface area contributed by atoms with Gasteiger partial charge in [-0.1, -0.05) is 18.2 Å². The van der Waals surface area contributed by atoms with Crippen LogP contribution < -0.4 is 15.5 Å². The number of benzene rings is 1. The minimum absolute atomic E-state index is 0.801. The first-order valence-corrected chi connectivity index (χ1v) is 7.02. The topological polar surface area (TPSA) is 53.1 Å². The molecule has 1 aromatic heterocycles. The van der Waals surface area contributed by atoms with E-state index in [9.17, 15) is 0 Å². The van der Waals surface area contributed by atoms with Crippen LogP contribution in [0.25, 0.3) is 0 Å². The van der Waals surface area contributed by atoms with Gasteiger partial charge < -0.3 is 15.5 Å². The molecule has 0 bridgehead atoms. The van der Waals surface area contributed by atoms with Gasteiger partial charge in [0.15, 0.2) is 0 Å². The number of rotatable bonds is 3. The summed E-state index contributed by atoms with van der Waals surface area (Å²) in [4.78, 5) is 11.2. The zero-order valence-corrected chi connectivity index (χ0v) is 11.4. The van der Waals surface area contributed by atoms with Gasteiger partial charge in [0.1, 0.15) is 5.82 Å². The van der Waals surface area contributed by atoms with Crippen molar-refractivity contribution < 1.29 is 0 Å². The monoisotopic (exact) mass is 269 g/mol. The summed E-state index contributed by atoms with van der Waals surface area (Å²) in [6, 6.07) is 12.0. The van der Waals surface area contributed by atoms with Crippen LogP contribution in [0.15, 0.2) is 42.6 Å². The Morgan fingerprint density at radius 2 is 1.95 bits per heavy atom. The summed E-state index contributed by atoms with van der Waals surface area (Å²) < 4.78 is 0. The standard InChI is InChI=1S/C15H19N5/c1-2-5-13(6-3-1)18-14-7-9-17-15(19-14)20-11-4-8-16-10-12-20/h1-3,5-7,9,16H,4,8,10-12H2,(H,17,18,19). The Hall–Kier alpha value is -2.14. The number of nitrogens with zero attached hydrogens (tertiary/aromatic N) is 3. The average molecular weight is 269 g/mol. The van der Waals surface area contributed by atoms with Crippen LogP contribution in [0.5, 0.6) is 0 Å². The Balaban J connectivity index is 1.75. The molecule has 0 unspecified atom stereocenters. The van der Waals surface area contributed by atoms with E-state index < -0.39 is 0 Å². The summed E-state index contributed by atoms with van der Waals surface area (Å²) in [6.45, 7) is 4.01. The van der Waals surface area contributed by atoms with Gasteiger partial charge in [-0.2, -0.15) is 4.98 Å². The molecule has 104 valence electrons. The summed E-state index contributed by atoms with van der Waals surface area (Å²) >= 11 is 0. The van der Waals surface area contributed by atoms with Crippen molar-refractivity contribution in [2.75, 3.05) is 36.4 Å². The fourth-order valence-corrected chi connectivity index (χ4v) is 2.29. The third-order valence-corrected chi connectivity index (χ3v) is 3.31. The lowest BCUT2D eigenvalue weighted by atomic mass is 10.3. The van der Waals surface area contributed by atoms with Gasteiger partial charge in [-0.25, -0.2) is 4.98 Å². The minimum Gasteiger partial charge on any atom is -0.340 e. The first-order valence-electron chi connectivity index (χ1n) is 7.02. The number of hydrogen-bond donors (Lipinski definition) is 2. The highest BCUT2D eigenvalue weighted by molar-refractivity contribution is 5.56. The van der Waals surface area contributed by atoms with Gasteiger partial charge >= 0.3 is 0 Å². The third kappa shape index (κ3) is 3.24. The van der Waals surface area contributed by atoms with Crippen LogP contribution in [-0.2, 0) is 0 Å². The van der Waals surface area contributed by atoms with Crippen LogP contribution in [0.4, 0.5) is 17.5 Å². The molecule has 0 amide bonds. The van der Waals surface area contributed by atoms with E-state index >= 15 is 0 Å². The van der Waals surface area contributed by atoms with Crippen LogP contribution in [0, 0.1) is 0 Å². The highest BCUT2D eigenvalue weighted by atomic mass is 15.3. The van der Waals surface area contributed by atoms with Crippen LogP contribution in [-0.4, -0.2) is 36.1 Å². The van der Waals surface area contributed by atoms with Gasteiger partial charge in [0.05, 0.1) is 0 Å². The van der Waals surface area contributed by atoms with Crippen molar-refractivity contribution in [3.8, 4) is 0 Å². The Kier molecular flexibility index (Phi) is 4.08. The fraction of sp³-hybridized carbons (Fsp3) is 0.333. The molecule has 0 saturated carbocycles. The number of nitrogens with one attached hydrogen (secondary N) is 2. The molecule has 5 heteroatoms. The molecule has 0 atom stereocenters. The van der Waals surface area contributed by atoms with Crippen molar-refractivity contribution in [3.63, 3.8) is 0 Å². The molecule has 0 spiro atoms. The van der Waals surface area contributed by atoms with E-state index in [-0.39, 0.29) is 0 Å². The highest BCUT2D eigenvalue weighted by Gasteiger charge is 2.12. The van der Waals surface area contributed by atoms with Crippen LogP contribution >= 0.6 is 0 Å². The van der Waals surface area contributed by atoms with Gasteiger partial charge in [-0.05, 0) is 31.2 Å². The number of anilines is 3. The summed E-state index contributed by atoms with van der Waals surface area (Å²) in [5, 5.41) is 6.69. The summed E-state index contributed by atoms with van der Waals surface area (Å²) in [5.74, 6) is 1.63. The van der Waals surface area contributed by atoms with Crippen molar-refractivity contribution in [2.45, 2.75) is 6.42 Å². The number of hydrogen-bond acceptors (Lipinski definition) is 5. The second kappa shape index (κ2) is 6.34. The van der Waals surface area contributed by atoms with E-state index in [1.807, 2.05) is 42.6 Å². The minimum atomic E-state index is 0.801. The lowest BCUT2D eigenvalue weighted by Gasteiger charge is -2.20. The van der Waals surface area contributed by atoms with E-state index in [1.54, 1.807) is 0 Å². The lowest BCUT2D eigenvalue weighted by molar-refractivity contribution is 0.724. The smallest absolute Gasteiger partial charge is 0.227 e. The molecule has 5 nitrogen and oxygen atoms in total. The second-order valence-electron chi connectivity index (χ2n) is 4.82. The molecule has 20 heavy (non-hydrogen) atoms. The molecule has 1 aliphatic rings. The largest absolute Gasteiger partial charge is 0.340 e. The average Bonchev–Trinajstić information content (AvgIpc) is 2.78. The molecule has 1 fully saturated rings. The first kappa shape index (κ1) is 12.9. The number of para-hydroxylation sites is 1. The number of aromatic nitrogens is 2. The maximum atomic E-state index is 4.61. The Morgan fingerprint density at radius 1 is 1.05 bits per heavy atom. The third-order valence-electron chi connectivity index (χ3n) is 3.31. The van der Waals surface area contributed by atoms with E-state index in [1.165, 1.54) is 0 Å². The first-order chi connectivity index (χ1) is 9.92. The van der Waals surface area contributed by atoms with Crippen molar-refractivity contribution in [1.82, 2.24) is 15.3 Å². The quantitative estimate of drug-likeness (QED) is 0.893.